The molecular weight excluding hydrogens is 374 g/mol. The quantitative estimate of drug-likeness (QED) is 0.467. The third kappa shape index (κ3) is 6.16. The van der Waals surface area contributed by atoms with Crippen molar-refractivity contribution in [3.63, 3.8) is 0 Å². The average molecular weight is 388 g/mol. The Labute approximate surface area is 171 Å². The van der Waals surface area contributed by atoms with Gasteiger partial charge in [0.15, 0.2) is 0 Å². The van der Waals surface area contributed by atoms with Gasteiger partial charge in [-0.3, -0.25) is 0 Å². The SMILES string of the molecule is COc1ccc(C(=O)OP(=O)([O-])OC(=O)c2ccc(OC)cc2)cc1.[Na+]. The maximum atomic E-state index is 11.8. The van der Waals surface area contributed by atoms with Crippen molar-refractivity contribution < 1.29 is 67.1 Å². The van der Waals surface area contributed by atoms with E-state index in [9.17, 15) is 19.0 Å². The minimum Gasteiger partial charge on any atom is -0.736 e. The first-order chi connectivity index (χ1) is 11.8. The Balaban J connectivity index is 0.00000338. The van der Waals surface area contributed by atoms with Gasteiger partial charge in [0.25, 0.3) is 0 Å². The van der Waals surface area contributed by atoms with Crippen LogP contribution < -0.4 is 43.9 Å². The summed E-state index contributed by atoms with van der Waals surface area (Å²) in [5.74, 6) is -1.40. The van der Waals surface area contributed by atoms with Gasteiger partial charge in [0.2, 0.25) is 0 Å². The second-order valence-electron chi connectivity index (χ2n) is 4.66. The van der Waals surface area contributed by atoms with Gasteiger partial charge in [0.1, 0.15) is 11.5 Å². The normalized spacial score (nSPS) is 10.3. The molecule has 0 amide bonds. The summed E-state index contributed by atoms with van der Waals surface area (Å²) < 4.78 is 30.2. The number of phosphoric acid groups is 1. The van der Waals surface area contributed by atoms with Crippen LogP contribution in [0.1, 0.15) is 20.7 Å². The van der Waals surface area contributed by atoms with Crippen LogP contribution in [0.25, 0.3) is 0 Å². The molecule has 0 radical (unpaired) electrons. The minimum absolute atomic E-state index is 0. The average Bonchev–Trinajstić information content (AvgIpc) is 2.61. The van der Waals surface area contributed by atoms with Gasteiger partial charge in [-0.05, 0) is 48.5 Å². The van der Waals surface area contributed by atoms with E-state index in [0.29, 0.717) is 11.5 Å². The number of benzene rings is 2. The van der Waals surface area contributed by atoms with Crippen molar-refractivity contribution >= 4 is 19.8 Å². The van der Waals surface area contributed by atoms with Crippen LogP contribution in [0.4, 0.5) is 0 Å². The molecule has 0 spiro atoms. The second-order valence-corrected chi connectivity index (χ2v) is 5.92. The Kier molecular flexibility index (Phi) is 8.33. The van der Waals surface area contributed by atoms with Gasteiger partial charge >= 0.3 is 49.3 Å². The zero-order valence-corrected chi connectivity index (χ0v) is 17.2. The molecule has 0 heterocycles. The topological polar surface area (TPSA) is 111 Å². The van der Waals surface area contributed by atoms with Gasteiger partial charge in [-0.15, -0.1) is 0 Å². The maximum Gasteiger partial charge on any atom is 1.00 e. The first-order valence-corrected chi connectivity index (χ1v) is 8.37. The summed E-state index contributed by atoms with van der Waals surface area (Å²) in [4.78, 5) is 35.4. The third-order valence-corrected chi connectivity index (χ3v) is 3.82. The van der Waals surface area contributed by atoms with Gasteiger partial charge < -0.3 is 23.4 Å². The van der Waals surface area contributed by atoms with Crippen molar-refractivity contribution in [1.82, 2.24) is 0 Å². The number of carbonyl (C=O) groups excluding carboxylic acids is 2. The zero-order valence-electron chi connectivity index (χ0n) is 14.3. The molecule has 132 valence electrons. The predicted molar refractivity (Wildman–Crippen MR) is 84.4 cm³/mol. The molecular formula is C16H14NaO8P. The van der Waals surface area contributed by atoms with E-state index in [-0.39, 0.29) is 40.7 Å². The number of rotatable bonds is 6. The Bertz CT molecular complexity index is 739. The molecule has 2 aromatic carbocycles. The van der Waals surface area contributed by atoms with Crippen molar-refractivity contribution in [3.8, 4) is 11.5 Å². The smallest absolute Gasteiger partial charge is 0.736 e. The molecule has 0 fully saturated rings. The van der Waals surface area contributed by atoms with Gasteiger partial charge in [-0.1, -0.05) is 0 Å². The molecule has 10 heteroatoms. The minimum atomic E-state index is -5.18. The molecule has 0 aliphatic carbocycles. The summed E-state index contributed by atoms with van der Waals surface area (Å²) in [6, 6.07) is 11.1. The Morgan fingerprint density at radius 1 is 0.769 bits per heavy atom. The summed E-state index contributed by atoms with van der Waals surface area (Å²) in [6.45, 7) is 0. The molecule has 0 unspecified atom stereocenters. The maximum absolute atomic E-state index is 11.8. The molecule has 26 heavy (non-hydrogen) atoms. The molecule has 0 aliphatic heterocycles. The van der Waals surface area contributed by atoms with Gasteiger partial charge in [-0.25, -0.2) is 14.2 Å². The second kappa shape index (κ2) is 9.75. The van der Waals surface area contributed by atoms with Crippen LogP contribution >= 0.6 is 7.82 Å². The first-order valence-electron chi connectivity index (χ1n) is 6.91. The van der Waals surface area contributed by atoms with Crippen LogP contribution in [0, 0.1) is 0 Å². The molecule has 2 rings (SSSR count). The fourth-order valence-corrected chi connectivity index (χ4v) is 2.44. The van der Waals surface area contributed by atoms with E-state index >= 15 is 0 Å². The van der Waals surface area contributed by atoms with Crippen molar-refractivity contribution in [1.29, 1.82) is 0 Å². The standard InChI is InChI=1S/C16H15O8P.Na/c1-21-13-7-3-11(4-8-13)15(17)23-25(19,20)24-16(18)12-5-9-14(22-2)10-6-12;/h3-10H,1-2H3,(H,19,20);/q;+1/p-1. The van der Waals surface area contributed by atoms with E-state index in [1.165, 1.54) is 62.8 Å². The number of phosphoric ester groups is 1. The van der Waals surface area contributed by atoms with Crippen LogP contribution in [0.3, 0.4) is 0 Å². The zero-order chi connectivity index (χ0) is 18.4. The van der Waals surface area contributed by atoms with Crippen molar-refractivity contribution in [2.45, 2.75) is 0 Å². The molecule has 2 aromatic rings. The molecule has 0 saturated heterocycles. The van der Waals surface area contributed by atoms with Crippen LogP contribution in [0.5, 0.6) is 11.5 Å². The fraction of sp³-hybridized carbons (Fsp3) is 0.125. The van der Waals surface area contributed by atoms with Gasteiger partial charge in [0.05, 0.1) is 25.3 Å². The van der Waals surface area contributed by atoms with E-state index in [2.05, 4.69) is 9.05 Å². The summed E-state index contributed by atoms with van der Waals surface area (Å²) in [7, 11) is -2.30. The van der Waals surface area contributed by atoms with Crippen molar-refractivity contribution in [3.05, 3.63) is 59.7 Å². The van der Waals surface area contributed by atoms with E-state index < -0.39 is 19.8 Å². The fourth-order valence-electron chi connectivity index (χ4n) is 1.78. The monoisotopic (exact) mass is 388 g/mol. The number of hydrogen-bond acceptors (Lipinski definition) is 8. The van der Waals surface area contributed by atoms with E-state index in [4.69, 9.17) is 9.47 Å². The summed E-state index contributed by atoms with van der Waals surface area (Å²) in [5, 5.41) is 0. The molecule has 0 aliphatic rings. The van der Waals surface area contributed by atoms with Crippen LogP contribution in [0.15, 0.2) is 48.5 Å². The molecule has 8 nitrogen and oxygen atoms in total. The van der Waals surface area contributed by atoms with Gasteiger partial charge in [-0.2, -0.15) is 0 Å². The molecule has 0 N–H and O–H groups in total. The first kappa shape index (κ1) is 22.2. The van der Waals surface area contributed by atoms with Crippen LogP contribution in [-0.2, 0) is 13.6 Å². The molecule has 0 bridgehead atoms. The van der Waals surface area contributed by atoms with E-state index in [1.54, 1.807) is 0 Å². The number of hydrogen-bond donors (Lipinski definition) is 0. The Hall–Kier alpha value is -1.83. The largest absolute Gasteiger partial charge is 1.00 e. The van der Waals surface area contributed by atoms with Gasteiger partial charge in [0, 0.05) is 0 Å². The predicted octanol–water partition coefficient (Wildman–Crippen LogP) is -0.810. The Morgan fingerprint density at radius 2 is 1.08 bits per heavy atom. The number of ether oxygens (including phenoxy) is 2. The number of carbonyl (C=O) groups is 2. The third-order valence-electron chi connectivity index (χ3n) is 3.04. The summed E-state index contributed by atoms with van der Waals surface area (Å²) >= 11 is 0. The number of methoxy groups -OCH3 is 2. The van der Waals surface area contributed by atoms with Crippen LogP contribution in [-0.4, -0.2) is 26.2 Å². The summed E-state index contributed by atoms with van der Waals surface area (Å²) in [6.07, 6.45) is 0. The van der Waals surface area contributed by atoms with E-state index in [1.807, 2.05) is 0 Å². The van der Waals surface area contributed by atoms with Crippen molar-refractivity contribution in [2.75, 3.05) is 14.2 Å². The molecule has 0 aromatic heterocycles. The Morgan fingerprint density at radius 3 is 1.35 bits per heavy atom. The molecule has 0 saturated carbocycles. The summed E-state index contributed by atoms with van der Waals surface area (Å²) in [5.41, 5.74) is -0.0882. The van der Waals surface area contributed by atoms with Crippen LogP contribution in [0.2, 0.25) is 0 Å². The molecule has 0 atom stereocenters. The van der Waals surface area contributed by atoms with E-state index in [0.717, 1.165) is 0 Å². The van der Waals surface area contributed by atoms with Crippen molar-refractivity contribution in [2.24, 2.45) is 0 Å².